The maximum absolute atomic E-state index is 5.37. The first-order chi connectivity index (χ1) is 7.24. The van der Waals surface area contributed by atoms with Gasteiger partial charge in [-0.3, -0.25) is 4.84 Å². The van der Waals surface area contributed by atoms with Crippen molar-refractivity contribution in [1.82, 2.24) is 5.48 Å². The second-order valence-corrected chi connectivity index (χ2v) is 3.62. The number of nitrogens with one attached hydrogen (secondary N) is 1. The lowest BCUT2D eigenvalue weighted by Crippen LogP contribution is -2.36. The molecular formula is C12H19NO2. The van der Waals surface area contributed by atoms with Crippen LogP contribution in [0, 0.1) is 0 Å². The summed E-state index contributed by atoms with van der Waals surface area (Å²) in [4.78, 5) is 5.37. The van der Waals surface area contributed by atoms with Crippen molar-refractivity contribution in [2.75, 3.05) is 7.11 Å². The molecule has 0 aliphatic heterocycles. The molecule has 1 aromatic rings. The summed E-state index contributed by atoms with van der Waals surface area (Å²) in [6.45, 7) is 4.60. The molecule has 84 valence electrons. The maximum Gasteiger partial charge on any atom is 0.0933 e. The zero-order chi connectivity index (χ0) is 11.1. The summed E-state index contributed by atoms with van der Waals surface area (Å²) < 4.78 is 5.17. The van der Waals surface area contributed by atoms with Crippen LogP contribution in [0.1, 0.15) is 19.4 Å². The van der Waals surface area contributed by atoms with Crippen LogP contribution in [-0.2, 0) is 16.2 Å². The van der Waals surface area contributed by atoms with Gasteiger partial charge in [0.15, 0.2) is 0 Å². The van der Waals surface area contributed by atoms with Gasteiger partial charge in [-0.05, 0) is 19.4 Å². The standard InChI is InChI=1S/C12H19NO2/c1-10(11(2)14-3)13-15-9-12-7-5-4-6-8-12/h4-8,10-11,13H,9H2,1-3H3. The monoisotopic (exact) mass is 209 g/mol. The molecule has 0 saturated heterocycles. The van der Waals surface area contributed by atoms with Gasteiger partial charge in [0, 0.05) is 7.11 Å². The molecule has 1 N–H and O–H groups in total. The number of rotatable bonds is 6. The van der Waals surface area contributed by atoms with Crippen molar-refractivity contribution < 1.29 is 9.57 Å². The van der Waals surface area contributed by atoms with E-state index in [2.05, 4.69) is 5.48 Å². The van der Waals surface area contributed by atoms with Crippen molar-refractivity contribution in [2.24, 2.45) is 0 Å². The molecule has 2 unspecified atom stereocenters. The van der Waals surface area contributed by atoms with E-state index >= 15 is 0 Å². The van der Waals surface area contributed by atoms with E-state index in [4.69, 9.17) is 9.57 Å². The SMILES string of the molecule is COC(C)C(C)NOCc1ccccc1. The molecule has 1 rings (SSSR count). The number of methoxy groups -OCH3 is 1. The van der Waals surface area contributed by atoms with E-state index in [1.54, 1.807) is 7.11 Å². The van der Waals surface area contributed by atoms with E-state index in [0.29, 0.717) is 6.61 Å². The average Bonchev–Trinajstić information content (AvgIpc) is 2.29. The molecule has 1 aromatic carbocycles. The summed E-state index contributed by atoms with van der Waals surface area (Å²) in [7, 11) is 1.69. The van der Waals surface area contributed by atoms with Gasteiger partial charge in [0.05, 0.1) is 18.8 Å². The third-order valence-electron chi connectivity index (χ3n) is 2.43. The number of benzene rings is 1. The average molecular weight is 209 g/mol. The zero-order valence-electron chi connectivity index (χ0n) is 9.57. The zero-order valence-corrected chi connectivity index (χ0v) is 9.57. The molecule has 0 aromatic heterocycles. The van der Waals surface area contributed by atoms with Crippen molar-refractivity contribution in [2.45, 2.75) is 32.6 Å². The Morgan fingerprint density at radius 1 is 1.20 bits per heavy atom. The highest BCUT2D eigenvalue weighted by molar-refractivity contribution is 5.13. The second kappa shape index (κ2) is 6.56. The first kappa shape index (κ1) is 12.2. The van der Waals surface area contributed by atoms with E-state index in [1.165, 1.54) is 0 Å². The van der Waals surface area contributed by atoms with Crippen LogP contribution < -0.4 is 5.48 Å². The molecule has 0 fully saturated rings. The lowest BCUT2D eigenvalue weighted by atomic mass is 10.2. The van der Waals surface area contributed by atoms with Crippen LogP contribution in [0.4, 0.5) is 0 Å². The van der Waals surface area contributed by atoms with Crippen LogP contribution in [-0.4, -0.2) is 19.3 Å². The van der Waals surface area contributed by atoms with Crippen LogP contribution in [0.25, 0.3) is 0 Å². The largest absolute Gasteiger partial charge is 0.380 e. The van der Waals surface area contributed by atoms with E-state index in [9.17, 15) is 0 Å². The predicted molar refractivity (Wildman–Crippen MR) is 60.3 cm³/mol. The molecule has 0 amide bonds. The van der Waals surface area contributed by atoms with E-state index in [-0.39, 0.29) is 12.1 Å². The lowest BCUT2D eigenvalue weighted by Gasteiger charge is -2.19. The van der Waals surface area contributed by atoms with Crippen LogP contribution >= 0.6 is 0 Å². The van der Waals surface area contributed by atoms with Crippen molar-refractivity contribution in [3.8, 4) is 0 Å². The molecule has 3 nitrogen and oxygen atoms in total. The first-order valence-electron chi connectivity index (χ1n) is 5.18. The van der Waals surface area contributed by atoms with Gasteiger partial charge in [0.25, 0.3) is 0 Å². The van der Waals surface area contributed by atoms with Gasteiger partial charge in [0.1, 0.15) is 0 Å². The Labute approximate surface area is 91.4 Å². The third kappa shape index (κ3) is 4.42. The minimum Gasteiger partial charge on any atom is -0.380 e. The fourth-order valence-corrected chi connectivity index (χ4v) is 1.13. The smallest absolute Gasteiger partial charge is 0.0933 e. The van der Waals surface area contributed by atoms with Crippen LogP contribution in [0.5, 0.6) is 0 Å². The summed E-state index contributed by atoms with van der Waals surface area (Å²) in [5, 5.41) is 0. The third-order valence-corrected chi connectivity index (χ3v) is 2.43. The molecule has 0 heterocycles. The Bertz CT molecular complexity index is 264. The van der Waals surface area contributed by atoms with Gasteiger partial charge in [0.2, 0.25) is 0 Å². The summed E-state index contributed by atoms with van der Waals surface area (Å²) in [6.07, 6.45) is 0.140. The van der Waals surface area contributed by atoms with E-state index in [1.807, 2.05) is 44.2 Å². The van der Waals surface area contributed by atoms with Crippen molar-refractivity contribution in [1.29, 1.82) is 0 Å². The highest BCUT2D eigenvalue weighted by Gasteiger charge is 2.09. The van der Waals surface area contributed by atoms with Gasteiger partial charge < -0.3 is 4.74 Å². The lowest BCUT2D eigenvalue weighted by molar-refractivity contribution is -0.0331. The van der Waals surface area contributed by atoms with Crippen LogP contribution in [0.15, 0.2) is 30.3 Å². The number of hydroxylamine groups is 1. The van der Waals surface area contributed by atoms with E-state index in [0.717, 1.165) is 5.56 Å². The number of hydrogen-bond donors (Lipinski definition) is 1. The molecule has 0 saturated carbocycles. The van der Waals surface area contributed by atoms with Gasteiger partial charge in [-0.15, -0.1) is 0 Å². The number of ether oxygens (including phenoxy) is 1. The fourth-order valence-electron chi connectivity index (χ4n) is 1.13. The van der Waals surface area contributed by atoms with Crippen LogP contribution in [0.2, 0.25) is 0 Å². The van der Waals surface area contributed by atoms with Gasteiger partial charge in [-0.2, -0.15) is 5.48 Å². The summed E-state index contributed by atoms with van der Waals surface area (Å²) in [5.41, 5.74) is 4.11. The second-order valence-electron chi connectivity index (χ2n) is 3.62. The van der Waals surface area contributed by atoms with Crippen molar-refractivity contribution >= 4 is 0 Å². The summed E-state index contributed by atoms with van der Waals surface area (Å²) >= 11 is 0. The molecule has 0 spiro atoms. The Morgan fingerprint density at radius 3 is 2.47 bits per heavy atom. The topological polar surface area (TPSA) is 30.5 Å². The minimum atomic E-state index is 0.140. The molecule has 0 radical (unpaired) electrons. The van der Waals surface area contributed by atoms with Crippen molar-refractivity contribution in [3.63, 3.8) is 0 Å². The van der Waals surface area contributed by atoms with E-state index < -0.39 is 0 Å². The molecular weight excluding hydrogens is 190 g/mol. The molecule has 3 heteroatoms. The predicted octanol–water partition coefficient (Wildman–Crippen LogP) is 2.13. The van der Waals surface area contributed by atoms with Gasteiger partial charge >= 0.3 is 0 Å². The Balaban J connectivity index is 2.22. The van der Waals surface area contributed by atoms with Gasteiger partial charge in [-0.25, -0.2) is 0 Å². The minimum absolute atomic E-state index is 0.140. The van der Waals surface area contributed by atoms with Gasteiger partial charge in [-0.1, -0.05) is 30.3 Å². The first-order valence-corrected chi connectivity index (χ1v) is 5.18. The highest BCUT2D eigenvalue weighted by atomic mass is 16.6. The van der Waals surface area contributed by atoms with Crippen molar-refractivity contribution in [3.05, 3.63) is 35.9 Å². The summed E-state index contributed by atoms with van der Waals surface area (Å²) in [5.74, 6) is 0. The molecule has 0 aliphatic rings. The quantitative estimate of drug-likeness (QED) is 0.728. The molecule has 0 aliphatic carbocycles. The normalized spacial score (nSPS) is 14.9. The maximum atomic E-state index is 5.37. The highest BCUT2D eigenvalue weighted by Crippen LogP contribution is 2.01. The molecule has 2 atom stereocenters. The Hall–Kier alpha value is -0.900. The summed E-state index contributed by atoms with van der Waals surface area (Å²) in [6, 6.07) is 10.2. The number of hydrogen-bond acceptors (Lipinski definition) is 3. The molecule has 15 heavy (non-hydrogen) atoms. The molecule has 0 bridgehead atoms. The van der Waals surface area contributed by atoms with Crippen LogP contribution in [0.3, 0.4) is 0 Å². The Morgan fingerprint density at radius 2 is 1.87 bits per heavy atom. The fraction of sp³-hybridized carbons (Fsp3) is 0.500. The Kier molecular flexibility index (Phi) is 5.32.